The number of aliphatic carboxylic acids is 1. The molecule has 0 heterocycles. The van der Waals surface area contributed by atoms with Gasteiger partial charge in [-0.15, -0.1) is 0 Å². The van der Waals surface area contributed by atoms with E-state index in [0.717, 1.165) is 12.8 Å². The molecule has 2 saturated carbocycles. The smallest absolute Gasteiger partial charge is 0.308 e. The number of hydrogen-bond donors (Lipinski definition) is 2. The highest BCUT2D eigenvalue weighted by Gasteiger charge is 2.39. The van der Waals surface area contributed by atoms with E-state index in [4.69, 9.17) is 5.11 Å². The van der Waals surface area contributed by atoms with Crippen molar-refractivity contribution in [1.82, 2.24) is 5.32 Å². The number of carbonyl (C=O) groups is 1. The Morgan fingerprint density at radius 3 is 2.56 bits per heavy atom. The van der Waals surface area contributed by atoms with Crippen molar-refractivity contribution in [3.63, 3.8) is 0 Å². The lowest BCUT2D eigenvalue weighted by molar-refractivity contribution is -0.146. The van der Waals surface area contributed by atoms with Crippen molar-refractivity contribution in [1.29, 1.82) is 0 Å². The average molecular weight is 225 g/mol. The Morgan fingerprint density at radius 2 is 2.06 bits per heavy atom. The standard InChI is InChI=1S/C13H23NO2/c1-13(2)7-3-4-9(8-13)14-11-6-5-10(11)12(15)16/h9-11,14H,3-8H2,1-2H3,(H,15,16). The normalized spacial score (nSPS) is 37.8. The quantitative estimate of drug-likeness (QED) is 0.775. The summed E-state index contributed by atoms with van der Waals surface area (Å²) in [7, 11) is 0. The van der Waals surface area contributed by atoms with Gasteiger partial charge in [0, 0.05) is 12.1 Å². The van der Waals surface area contributed by atoms with Crippen LogP contribution in [0.2, 0.25) is 0 Å². The van der Waals surface area contributed by atoms with Gasteiger partial charge in [0.15, 0.2) is 0 Å². The number of hydrogen-bond acceptors (Lipinski definition) is 2. The summed E-state index contributed by atoms with van der Waals surface area (Å²) in [6.07, 6.45) is 6.87. The lowest BCUT2D eigenvalue weighted by Crippen LogP contribution is -2.52. The van der Waals surface area contributed by atoms with E-state index in [1.165, 1.54) is 25.7 Å². The van der Waals surface area contributed by atoms with Crippen LogP contribution in [0, 0.1) is 11.3 Å². The highest BCUT2D eigenvalue weighted by molar-refractivity contribution is 5.72. The predicted octanol–water partition coefficient (Wildman–Crippen LogP) is 2.41. The molecule has 2 fully saturated rings. The zero-order valence-electron chi connectivity index (χ0n) is 10.3. The first-order chi connectivity index (χ1) is 7.48. The molecular formula is C13H23NO2. The van der Waals surface area contributed by atoms with Crippen LogP contribution in [0.5, 0.6) is 0 Å². The molecule has 2 rings (SSSR count). The minimum Gasteiger partial charge on any atom is -0.481 e. The fourth-order valence-electron chi connectivity index (χ4n) is 3.14. The lowest BCUT2D eigenvalue weighted by atomic mass is 9.73. The van der Waals surface area contributed by atoms with E-state index >= 15 is 0 Å². The molecule has 0 aliphatic heterocycles. The maximum Gasteiger partial charge on any atom is 0.308 e. The van der Waals surface area contributed by atoms with Gasteiger partial charge in [0.25, 0.3) is 0 Å². The van der Waals surface area contributed by atoms with Crippen molar-refractivity contribution in [2.75, 3.05) is 0 Å². The van der Waals surface area contributed by atoms with Gasteiger partial charge in [0.2, 0.25) is 0 Å². The van der Waals surface area contributed by atoms with E-state index in [-0.39, 0.29) is 12.0 Å². The first kappa shape index (κ1) is 11.9. The fraction of sp³-hybridized carbons (Fsp3) is 0.923. The van der Waals surface area contributed by atoms with Crippen molar-refractivity contribution in [3.8, 4) is 0 Å². The second-order valence-electron chi connectivity index (χ2n) is 6.25. The maximum atomic E-state index is 10.9. The molecule has 0 amide bonds. The molecule has 0 saturated heterocycles. The van der Waals surface area contributed by atoms with Crippen molar-refractivity contribution >= 4 is 5.97 Å². The number of carboxylic acid groups (broad SMARTS) is 1. The van der Waals surface area contributed by atoms with Crippen LogP contribution in [0.3, 0.4) is 0 Å². The summed E-state index contributed by atoms with van der Waals surface area (Å²) in [5, 5.41) is 12.6. The van der Waals surface area contributed by atoms with Gasteiger partial charge in [0.05, 0.1) is 5.92 Å². The molecule has 0 spiro atoms. The molecule has 92 valence electrons. The fourth-order valence-corrected chi connectivity index (χ4v) is 3.14. The van der Waals surface area contributed by atoms with E-state index in [1.54, 1.807) is 0 Å². The lowest BCUT2D eigenvalue weighted by Gasteiger charge is -2.42. The van der Waals surface area contributed by atoms with E-state index in [9.17, 15) is 4.79 Å². The second kappa shape index (κ2) is 4.36. The third-order valence-electron chi connectivity index (χ3n) is 4.25. The molecule has 0 aromatic carbocycles. The van der Waals surface area contributed by atoms with E-state index in [2.05, 4.69) is 19.2 Å². The number of carboxylic acids is 1. The molecule has 0 aromatic heterocycles. The summed E-state index contributed by atoms with van der Waals surface area (Å²) < 4.78 is 0. The molecule has 0 bridgehead atoms. The molecule has 3 heteroatoms. The second-order valence-corrected chi connectivity index (χ2v) is 6.25. The van der Waals surface area contributed by atoms with Crippen LogP contribution in [-0.2, 0) is 4.79 Å². The Morgan fingerprint density at radius 1 is 1.31 bits per heavy atom. The van der Waals surface area contributed by atoms with E-state index in [1.807, 2.05) is 0 Å². The van der Waals surface area contributed by atoms with Crippen LogP contribution in [0.25, 0.3) is 0 Å². The first-order valence-corrected chi connectivity index (χ1v) is 6.47. The van der Waals surface area contributed by atoms with Gasteiger partial charge in [-0.05, 0) is 37.5 Å². The summed E-state index contributed by atoms with van der Waals surface area (Å²) in [6.45, 7) is 4.63. The molecule has 3 nitrogen and oxygen atoms in total. The summed E-state index contributed by atoms with van der Waals surface area (Å²) in [4.78, 5) is 10.9. The average Bonchev–Trinajstić information content (AvgIpc) is 2.10. The van der Waals surface area contributed by atoms with Gasteiger partial charge >= 0.3 is 5.97 Å². The summed E-state index contributed by atoms with van der Waals surface area (Å²) in [5.41, 5.74) is 0.429. The van der Waals surface area contributed by atoms with Crippen LogP contribution in [-0.4, -0.2) is 23.2 Å². The zero-order valence-corrected chi connectivity index (χ0v) is 10.3. The Kier molecular flexibility index (Phi) is 3.24. The third kappa shape index (κ3) is 2.57. The van der Waals surface area contributed by atoms with Crippen LogP contribution < -0.4 is 5.32 Å². The minimum atomic E-state index is -0.626. The SMILES string of the molecule is CC1(C)CCCC(NC2CCC2C(=O)O)C1. The van der Waals surface area contributed by atoms with Crippen LogP contribution in [0.4, 0.5) is 0 Å². The highest BCUT2D eigenvalue weighted by Crippen LogP contribution is 2.37. The first-order valence-electron chi connectivity index (χ1n) is 6.47. The Labute approximate surface area is 97.6 Å². The molecular weight excluding hydrogens is 202 g/mol. The number of nitrogens with one attached hydrogen (secondary N) is 1. The molecule has 2 N–H and O–H groups in total. The Bertz CT molecular complexity index is 275. The van der Waals surface area contributed by atoms with E-state index in [0.29, 0.717) is 11.5 Å². The van der Waals surface area contributed by atoms with Gasteiger partial charge in [-0.3, -0.25) is 4.79 Å². The Balaban J connectivity index is 1.83. The monoisotopic (exact) mass is 225 g/mol. The van der Waals surface area contributed by atoms with Crippen molar-refractivity contribution < 1.29 is 9.90 Å². The molecule has 3 atom stereocenters. The predicted molar refractivity (Wildman–Crippen MR) is 63.3 cm³/mol. The highest BCUT2D eigenvalue weighted by atomic mass is 16.4. The topological polar surface area (TPSA) is 49.3 Å². The van der Waals surface area contributed by atoms with Gasteiger partial charge in [-0.25, -0.2) is 0 Å². The van der Waals surface area contributed by atoms with Crippen LogP contribution in [0.15, 0.2) is 0 Å². The summed E-state index contributed by atoms with van der Waals surface area (Å²) in [6, 6.07) is 0.771. The zero-order chi connectivity index (χ0) is 11.8. The molecule has 2 aliphatic carbocycles. The molecule has 2 aliphatic rings. The van der Waals surface area contributed by atoms with Crippen LogP contribution in [0.1, 0.15) is 52.4 Å². The third-order valence-corrected chi connectivity index (χ3v) is 4.25. The molecule has 16 heavy (non-hydrogen) atoms. The van der Waals surface area contributed by atoms with Crippen molar-refractivity contribution in [2.45, 2.75) is 64.5 Å². The van der Waals surface area contributed by atoms with Gasteiger partial charge in [-0.2, -0.15) is 0 Å². The van der Waals surface area contributed by atoms with Gasteiger partial charge < -0.3 is 10.4 Å². The van der Waals surface area contributed by atoms with Gasteiger partial charge in [0.1, 0.15) is 0 Å². The van der Waals surface area contributed by atoms with Gasteiger partial charge in [-0.1, -0.05) is 20.3 Å². The maximum absolute atomic E-state index is 10.9. The van der Waals surface area contributed by atoms with Crippen molar-refractivity contribution in [2.24, 2.45) is 11.3 Å². The summed E-state index contributed by atoms with van der Waals surface area (Å²) >= 11 is 0. The minimum absolute atomic E-state index is 0.134. The molecule has 0 radical (unpaired) electrons. The molecule has 3 unspecified atom stereocenters. The van der Waals surface area contributed by atoms with Crippen LogP contribution >= 0.6 is 0 Å². The van der Waals surface area contributed by atoms with E-state index < -0.39 is 5.97 Å². The number of rotatable bonds is 3. The van der Waals surface area contributed by atoms with Crippen molar-refractivity contribution in [3.05, 3.63) is 0 Å². The Hall–Kier alpha value is -0.570. The molecule has 0 aromatic rings. The summed E-state index contributed by atoms with van der Waals surface area (Å²) in [5.74, 6) is -0.760. The largest absolute Gasteiger partial charge is 0.481 e.